The molecular formula is C15H18ClNO2. The number of carbonyl (C=O) groups excluding carboxylic acids is 1. The molecule has 0 fully saturated rings. The Morgan fingerprint density at radius 3 is 2.68 bits per heavy atom. The van der Waals surface area contributed by atoms with E-state index in [1.807, 2.05) is 12.2 Å². The van der Waals surface area contributed by atoms with Crippen molar-refractivity contribution in [2.75, 3.05) is 0 Å². The third-order valence-corrected chi connectivity index (χ3v) is 3.59. The number of rotatable bonds is 2. The van der Waals surface area contributed by atoms with Crippen LogP contribution in [0.4, 0.5) is 0 Å². The summed E-state index contributed by atoms with van der Waals surface area (Å²) in [6, 6.07) is 6.32. The fraction of sp³-hybridized carbons (Fsp3) is 0.400. The quantitative estimate of drug-likeness (QED) is 0.504. The fourth-order valence-electron chi connectivity index (χ4n) is 2.22. The lowest BCUT2D eigenvalue weighted by Crippen LogP contribution is -2.36. The van der Waals surface area contributed by atoms with Crippen molar-refractivity contribution in [2.24, 2.45) is 0 Å². The number of hydrogen-bond acceptors (Lipinski definition) is 2. The summed E-state index contributed by atoms with van der Waals surface area (Å²) in [5.74, 6) is -0.383. The highest BCUT2D eigenvalue weighted by Crippen LogP contribution is 2.18. The summed E-state index contributed by atoms with van der Waals surface area (Å²) in [4.78, 5) is 12.2. The van der Waals surface area contributed by atoms with Crippen LogP contribution in [-0.2, 0) is 0 Å². The topological polar surface area (TPSA) is 40.5 Å². The highest BCUT2D eigenvalue weighted by Gasteiger charge is 2.21. The van der Waals surface area contributed by atoms with E-state index in [0.717, 1.165) is 30.7 Å². The van der Waals surface area contributed by atoms with Gasteiger partial charge in [0.15, 0.2) is 0 Å². The lowest BCUT2D eigenvalue weighted by atomic mass is 10.0. The van der Waals surface area contributed by atoms with Crippen LogP contribution in [0.1, 0.15) is 42.5 Å². The predicted molar refractivity (Wildman–Crippen MR) is 75.4 cm³/mol. The van der Waals surface area contributed by atoms with Crippen molar-refractivity contribution in [1.82, 2.24) is 5.06 Å². The molecule has 0 spiro atoms. The summed E-state index contributed by atoms with van der Waals surface area (Å²) in [5.41, 5.74) is 0.447. The minimum absolute atomic E-state index is 0.233. The molecule has 1 aromatic rings. The van der Waals surface area contributed by atoms with E-state index >= 15 is 0 Å². The molecule has 3 nitrogen and oxygen atoms in total. The van der Waals surface area contributed by atoms with E-state index in [1.165, 1.54) is 6.42 Å². The third-order valence-electron chi connectivity index (χ3n) is 3.34. The fourth-order valence-corrected chi connectivity index (χ4v) is 2.35. The highest BCUT2D eigenvalue weighted by molar-refractivity contribution is 6.30. The van der Waals surface area contributed by atoms with Crippen molar-refractivity contribution in [3.05, 3.63) is 47.0 Å². The maximum absolute atomic E-state index is 12.2. The van der Waals surface area contributed by atoms with E-state index in [0.29, 0.717) is 10.6 Å². The second kappa shape index (κ2) is 6.73. The Morgan fingerprint density at radius 2 is 1.95 bits per heavy atom. The average Bonchev–Trinajstić information content (AvgIpc) is 2.38. The van der Waals surface area contributed by atoms with Crippen molar-refractivity contribution >= 4 is 17.5 Å². The van der Waals surface area contributed by atoms with Crippen LogP contribution < -0.4 is 0 Å². The largest absolute Gasteiger partial charge is 0.285 e. The average molecular weight is 280 g/mol. The first kappa shape index (κ1) is 14.1. The van der Waals surface area contributed by atoms with Crippen molar-refractivity contribution in [1.29, 1.82) is 0 Å². The van der Waals surface area contributed by atoms with Gasteiger partial charge in [0.2, 0.25) is 0 Å². The van der Waals surface area contributed by atoms with Crippen LogP contribution in [0.3, 0.4) is 0 Å². The second-order valence-electron chi connectivity index (χ2n) is 4.79. The third kappa shape index (κ3) is 3.82. The van der Waals surface area contributed by atoms with Crippen molar-refractivity contribution in [3.8, 4) is 0 Å². The minimum Gasteiger partial charge on any atom is -0.285 e. The lowest BCUT2D eigenvalue weighted by molar-refractivity contribution is -0.0789. The summed E-state index contributed by atoms with van der Waals surface area (Å²) in [7, 11) is 0. The van der Waals surface area contributed by atoms with E-state index in [9.17, 15) is 10.0 Å². The molecule has 2 rings (SSSR count). The van der Waals surface area contributed by atoms with Crippen LogP contribution in [0.25, 0.3) is 0 Å². The Hall–Kier alpha value is -1.32. The zero-order valence-electron chi connectivity index (χ0n) is 10.8. The first-order valence-electron chi connectivity index (χ1n) is 6.63. The summed E-state index contributed by atoms with van der Waals surface area (Å²) >= 11 is 5.79. The Bertz CT molecular complexity index is 456. The van der Waals surface area contributed by atoms with Gasteiger partial charge in [-0.15, -0.1) is 0 Å². The standard InChI is InChI=1S/C15H18ClNO2/c16-13-10-8-12(9-11-13)15(18)17(19)14-6-4-2-1-3-5-7-14/h4,6,8-11,14,19H,1-3,5,7H2/b6-4-. The Morgan fingerprint density at radius 1 is 1.21 bits per heavy atom. The van der Waals surface area contributed by atoms with Gasteiger partial charge in [0.25, 0.3) is 5.91 Å². The van der Waals surface area contributed by atoms with Crippen LogP contribution >= 0.6 is 11.6 Å². The maximum atomic E-state index is 12.2. The van der Waals surface area contributed by atoms with Crippen molar-refractivity contribution < 1.29 is 10.0 Å². The van der Waals surface area contributed by atoms with Gasteiger partial charge in [-0.05, 0) is 43.5 Å². The molecule has 1 aliphatic carbocycles. The smallest absolute Gasteiger partial charge is 0.277 e. The van der Waals surface area contributed by atoms with Crippen LogP contribution in [-0.4, -0.2) is 22.2 Å². The number of benzene rings is 1. The van der Waals surface area contributed by atoms with Gasteiger partial charge in [0.1, 0.15) is 0 Å². The van der Waals surface area contributed by atoms with Crippen LogP contribution in [0.2, 0.25) is 5.02 Å². The minimum atomic E-state index is -0.383. The van der Waals surface area contributed by atoms with Gasteiger partial charge in [-0.3, -0.25) is 10.0 Å². The monoisotopic (exact) mass is 279 g/mol. The molecule has 4 heteroatoms. The van der Waals surface area contributed by atoms with Crippen LogP contribution in [0.5, 0.6) is 0 Å². The first-order valence-corrected chi connectivity index (χ1v) is 7.01. The molecule has 0 bridgehead atoms. The summed E-state index contributed by atoms with van der Waals surface area (Å²) in [5, 5.41) is 11.5. The number of nitrogens with zero attached hydrogens (tertiary/aromatic N) is 1. The molecule has 0 aromatic heterocycles. The van der Waals surface area contributed by atoms with Gasteiger partial charge in [0.05, 0.1) is 6.04 Å². The van der Waals surface area contributed by atoms with Crippen molar-refractivity contribution in [3.63, 3.8) is 0 Å². The van der Waals surface area contributed by atoms with E-state index in [-0.39, 0.29) is 11.9 Å². The van der Waals surface area contributed by atoms with E-state index < -0.39 is 0 Å². The molecule has 1 atom stereocenters. The van der Waals surface area contributed by atoms with Gasteiger partial charge >= 0.3 is 0 Å². The number of carbonyl (C=O) groups is 1. The summed E-state index contributed by atoms with van der Waals surface area (Å²) in [6.07, 6.45) is 9.13. The van der Waals surface area contributed by atoms with Gasteiger partial charge in [-0.2, -0.15) is 0 Å². The van der Waals surface area contributed by atoms with Gasteiger partial charge in [-0.1, -0.05) is 36.6 Å². The number of hydroxylamine groups is 2. The molecule has 1 N–H and O–H groups in total. The molecule has 1 amide bonds. The van der Waals surface area contributed by atoms with Gasteiger partial charge in [0, 0.05) is 10.6 Å². The van der Waals surface area contributed by atoms with E-state index in [1.54, 1.807) is 24.3 Å². The van der Waals surface area contributed by atoms with E-state index in [2.05, 4.69) is 0 Å². The molecular weight excluding hydrogens is 262 g/mol. The summed E-state index contributed by atoms with van der Waals surface area (Å²) < 4.78 is 0. The Labute approximate surface area is 118 Å². The highest BCUT2D eigenvalue weighted by atomic mass is 35.5. The molecule has 1 unspecified atom stereocenters. The molecule has 1 aliphatic rings. The second-order valence-corrected chi connectivity index (χ2v) is 5.23. The SMILES string of the molecule is O=C(c1ccc(Cl)cc1)N(O)C1/C=C\CCCCC1. The Kier molecular flexibility index (Phi) is 5.00. The van der Waals surface area contributed by atoms with Crippen LogP contribution in [0, 0.1) is 0 Å². The predicted octanol–water partition coefficient (Wildman–Crippen LogP) is 4.06. The van der Waals surface area contributed by atoms with Crippen molar-refractivity contribution in [2.45, 2.75) is 38.1 Å². The lowest BCUT2D eigenvalue weighted by Gasteiger charge is -2.24. The molecule has 0 saturated heterocycles. The molecule has 0 radical (unpaired) electrons. The molecule has 102 valence electrons. The maximum Gasteiger partial charge on any atom is 0.277 e. The molecule has 1 aromatic carbocycles. The molecule has 0 saturated carbocycles. The first-order chi connectivity index (χ1) is 9.18. The molecule has 19 heavy (non-hydrogen) atoms. The molecule has 0 aliphatic heterocycles. The Balaban J connectivity index is 2.08. The zero-order chi connectivity index (χ0) is 13.7. The van der Waals surface area contributed by atoms with Crippen LogP contribution in [0.15, 0.2) is 36.4 Å². The number of amides is 1. The number of hydrogen-bond donors (Lipinski definition) is 1. The number of halogens is 1. The molecule has 0 heterocycles. The van der Waals surface area contributed by atoms with E-state index in [4.69, 9.17) is 11.6 Å². The normalized spacial score (nSPS) is 21.3. The van der Waals surface area contributed by atoms with Gasteiger partial charge in [-0.25, -0.2) is 5.06 Å². The zero-order valence-corrected chi connectivity index (χ0v) is 11.5. The van der Waals surface area contributed by atoms with Gasteiger partial charge < -0.3 is 0 Å². The number of allylic oxidation sites excluding steroid dienone is 1. The summed E-state index contributed by atoms with van der Waals surface area (Å²) in [6.45, 7) is 0.